The van der Waals surface area contributed by atoms with Gasteiger partial charge in [-0.1, -0.05) is 6.07 Å². The van der Waals surface area contributed by atoms with Crippen LogP contribution in [0.2, 0.25) is 0 Å². The molecule has 5 nitrogen and oxygen atoms in total. The number of carbonyl (C=O) groups excluding carboxylic acids is 2. The highest BCUT2D eigenvalue weighted by Gasteiger charge is 2.35. The average Bonchev–Trinajstić information content (AvgIpc) is 2.83. The average molecular weight is 277 g/mol. The number of benzene rings is 1. The van der Waals surface area contributed by atoms with Gasteiger partial charge in [-0.05, 0) is 24.1 Å². The lowest BCUT2D eigenvalue weighted by molar-refractivity contribution is -0.134. The maximum absolute atomic E-state index is 13.2. The largest absolute Gasteiger partial charge is 0.341 e. The molecular weight excluding hydrogens is 261 g/mol. The summed E-state index contributed by atoms with van der Waals surface area (Å²) in [5.74, 6) is -1.32. The lowest BCUT2D eigenvalue weighted by atomic mass is 9.89. The Morgan fingerprint density at radius 1 is 1.45 bits per heavy atom. The molecule has 20 heavy (non-hydrogen) atoms. The van der Waals surface area contributed by atoms with Crippen LogP contribution in [0.3, 0.4) is 0 Å². The highest BCUT2D eigenvalue weighted by molar-refractivity contribution is 6.01. The first kappa shape index (κ1) is 13.1. The Morgan fingerprint density at radius 2 is 2.25 bits per heavy atom. The molecule has 1 saturated heterocycles. The molecule has 1 fully saturated rings. The van der Waals surface area contributed by atoms with Crippen LogP contribution in [0, 0.1) is 5.82 Å². The van der Waals surface area contributed by atoms with Gasteiger partial charge in [0.25, 0.3) is 0 Å². The molecular formula is C14H16FN3O2. The number of nitrogens with two attached hydrogens (primary N) is 1. The molecule has 6 heteroatoms. The van der Waals surface area contributed by atoms with Crippen molar-refractivity contribution < 1.29 is 14.0 Å². The van der Waals surface area contributed by atoms with E-state index in [-0.39, 0.29) is 24.3 Å². The number of hydrogen-bond donors (Lipinski definition) is 2. The fourth-order valence-electron chi connectivity index (χ4n) is 2.87. The van der Waals surface area contributed by atoms with Crippen molar-refractivity contribution in [1.82, 2.24) is 4.90 Å². The normalized spacial score (nSPS) is 25.3. The van der Waals surface area contributed by atoms with Crippen LogP contribution in [0.15, 0.2) is 18.2 Å². The predicted octanol–water partition coefficient (Wildman–Crippen LogP) is 0.811. The lowest BCUT2D eigenvalue weighted by Gasteiger charge is -2.28. The Balaban J connectivity index is 1.90. The molecule has 0 aliphatic carbocycles. The minimum Gasteiger partial charge on any atom is -0.341 e. The molecule has 2 atom stereocenters. The molecule has 0 radical (unpaired) electrons. The zero-order chi connectivity index (χ0) is 14.3. The van der Waals surface area contributed by atoms with Crippen molar-refractivity contribution in [2.24, 2.45) is 5.73 Å². The van der Waals surface area contributed by atoms with Gasteiger partial charge in [-0.25, -0.2) is 4.39 Å². The number of amides is 2. The second kappa shape index (κ2) is 4.86. The summed E-state index contributed by atoms with van der Waals surface area (Å²) in [7, 11) is 0. The molecule has 2 aliphatic rings. The van der Waals surface area contributed by atoms with Gasteiger partial charge in [-0.15, -0.1) is 0 Å². The smallest absolute Gasteiger partial charge is 0.230 e. The van der Waals surface area contributed by atoms with Crippen LogP contribution in [0.25, 0.3) is 0 Å². The Labute approximate surface area is 115 Å². The second-order valence-electron chi connectivity index (χ2n) is 5.37. The molecule has 2 aliphatic heterocycles. The van der Waals surface area contributed by atoms with Gasteiger partial charge >= 0.3 is 0 Å². The molecule has 2 amide bonds. The number of anilines is 1. The number of halogens is 1. The first-order valence-electron chi connectivity index (χ1n) is 6.68. The molecule has 106 valence electrons. The number of rotatable bonds is 1. The number of likely N-dealkylation sites (tertiary alicyclic amines) is 1. The van der Waals surface area contributed by atoms with Gasteiger partial charge in [0.1, 0.15) is 5.82 Å². The van der Waals surface area contributed by atoms with E-state index in [2.05, 4.69) is 5.32 Å². The monoisotopic (exact) mass is 277 g/mol. The van der Waals surface area contributed by atoms with Crippen LogP contribution < -0.4 is 11.1 Å². The summed E-state index contributed by atoms with van der Waals surface area (Å²) in [6, 6.07) is 4.14. The molecule has 2 heterocycles. The minimum absolute atomic E-state index is 0.00375. The maximum atomic E-state index is 13.2. The Hall–Kier alpha value is -1.95. The van der Waals surface area contributed by atoms with Crippen molar-refractivity contribution in [1.29, 1.82) is 0 Å². The van der Waals surface area contributed by atoms with Gasteiger partial charge < -0.3 is 16.0 Å². The summed E-state index contributed by atoms with van der Waals surface area (Å²) in [6.45, 7) is 1.14. The molecule has 0 spiro atoms. The summed E-state index contributed by atoms with van der Waals surface area (Å²) in [4.78, 5) is 25.9. The molecule has 0 saturated carbocycles. The molecule has 1 aromatic rings. The molecule has 1 aromatic carbocycles. The first-order chi connectivity index (χ1) is 9.54. The van der Waals surface area contributed by atoms with Crippen LogP contribution in [0.1, 0.15) is 24.3 Å². The van der Waals surface area contributed by atoms with E-state index in [4.69, 9.17) is 5.73 Å². The van der Waals surface area contributed by atoms with E-state index in [9.17, 15) is 14.0 Å². The van der Waals surface area contributed by atoms with E-state index >= 15 is 0 Å². The van der Waals surface area contributed by atoms with Gasteiger partial charge in [0.15, 0.2) is 0 Å². The Kier molecular flexibility index (Phi) is 3.17. The minimum atomic E-state index is -0.537. The van der Waals surface area contributed by atoms with Gasteiger partial charge in [0.2, 0.25) is 11.8 Å². The van der Waals surface area contributed by atoms with E-state index in [1.165, 1.54) is 12.1 Å². The number of hydrogen-bond acceptors (Lipinski definition) is 3. The zero-order valence-corrected chi connectivity index (χ0v) is 10.9. The first-order valence-corrected chi connectivity index (χ1v) is 6.68. The summed E-state index contributed by atoms with van der Waals surface area (Å²) >= 11 is 0. The van der Waals surface area contributed by atoms with Crippen molar-refractivity contribution in [3.05, 3.63) is 29.6 Å². The fourth-order valence-corrected chi connectivity index (χ4v) is 2.87. The van der Waals surface area contributed by atoms with Crippen molar-refractivity contribution >= 4 is 17.5 Å². The van der Waals surface area contributed by atoms with Gasteiger partial charge in [-0.3, -0.25) is 9.59 Å². The number of carbonyl (C=O) groups is 2. The number of fused-ring (bicyclic) bond motifs is 1. The van der Waals surface area contributed by atoms with Gasteiger partial charge in [0.05, 0.1) is 5.92 Å². The van der Waals surface area contributed by atoms with Crippen LogP contribution in [0.5, 0.6) is 0 Å². The molecule has 3 N–H and O–H groups in total. The summed E-state index contributed by atoms with van der Waals surface area (Å²) in [5, 5.41) is 2.61. The standard InChI is InChI=1S/C14H16FN3O2/c15-8-1-2-10-11(6-13(19)17-12(10)5-8)14(20)18-4-3-9(16)7-18/h1-2,5,9,11H,3-4,6-7,16H2,(H,17,19)/t9-,11?/m1/s1. The third-order valence-electron chi connectivity index (χ3n) is 3.89. The van der Waals surface area contributed by atoms with Crippen LogP contribution in [-0.2, 0) is 9.59 Å². The molecule has 0 aromatic heterocycles. The van der Waals surface area contributed by atoms with Crippen molar-refractivity contribution in [2.45, 2.75) is 24.8 Å². The van der Waals surface area contributed by atoms with Crippen molar-refractivity contribution in [3.63, 3.8) is 0 Å². The zero-order valence-electron chi connectivity index (χ0n) is 10.9. The van der Waals surface area contributed by atoms with Crippen molar-refractivity contribution in [3.8, 4) is 0 Å². The van der Waals surface area contributed by atoms with Crippen LogP contribution in [-0.4, -0.2) is 35.8 Å². The summed E-state index contributed by atoms with van der Waals surface area (Å²) < 4.78 is 13.2. The number of nitrogens with zero attached hydrogens (tertiary/aromatic N) is 1. The number of nitrogens with one attached hydrogen (secondary N) is 1. The van der Waals surface area contributed by atoms with E-state index in [0.717, 1.165) is 6.42 Å². The maximum Gasteiger partial charge on any atom is 0.230 e. The summed E-state index contributed by atoms with van der Waals surface area (Å²) in [6.07, 6.45) is 0.879. The van der Waals surface area contributed by atoms with E-state index in [1.807, 2.05) is 0 Å². The summed E-state index contributed by atoms with van der Waals surface area (Å²) in [5.41, 5.74) is 6.88. The van der Waals surface area contributed by atoms with E-state index in [0.29, 0.717) is 24.3 Å². The predicted molar refractivity (Wildman–Crippen MR) is 71.6 cm³/mol. The molecule has 1 unspecified atom stereocenters. The highest BCUT2D eigenvalue weighted by Crippen LogP contribution is 2.34. The SMILES string of the molecule is N[C@@H]1CCN(C(=O)C2CC(=O)Nc3cc(F)ccc32)C1. The quantitative estimate of drug-likeness (QED) is 0.797. The second-order valence-corrected chi connectivity index (χ2v) is 5.37. The van der Waals surface area contributed by atoms with Gasteiger partial charge in [-0.2, -0.15) is 0 Å². The lowest BCUT2D eigenvalue weighted by Crippen LogP contribution is -2.38. The van der Waals surface area contributed by atoms with Crippen LogP contribution >= 0.6 is 0 Å². The van der Waals surface area contributed by atoms with E-state index < -0.39 is 11.7 Å². The van der Waals surface area contributed by atoms with Crippen LogP contribution in [0.4, 0.5) is 10.1 Å². The van der Waals surface area contributed by atoms with Gasteiger partial charge in [0, 0.05) is 31.2 Å². The topological polar surface area (TPSA) is 75.4 Å². The Morgan fingerprint density at radius 3 is 2.95 bits per heavy atom. The third kappa shape index (κ3) is 2.27. The van der Waals surface area contributed by atoms with E-state index in [1.54, 1.807) is 11.0 Å². The third-order valence-corrected chi connectivity index (χ3v) is 3.89. The Bertz CT molecular complexity index is 576. The van der Waals surface area contributed by atoms with Crippen molar-refractivity contribution in [2.75, 3.05) is 18.4 Å². The fraction of sp³-hybridized carbons (Fsp3) is 0.429. The molecule has 0 bridgehead atoms. The highest BCUT2D eigenvalue weighted by atomic mass is 19.1. The molecule has 3 rings (SSSR count).